The van der Waals surface area contributed by atoms with Gasteiger partial charge < -0.3 is 29.5 Å². The SMILES string of the molecule is COc1cc(/C=C/C(=O)c2ccc(F)cc2)ccc1Oc1nc(NCCO)nc(N2CCOCC2)n1. The molecule has 1 aromatic heterocycles. The summed E-state index contributed by atoms with van der Waals surface area (Å²) in [5, 5.41) is 12.1. The molecule has 2 heterocycles. The Morgan fingerprint density at radius 3 is 2.64 bits per heavy atom. The monoisotopic (exact) mass is 495 g/mol. The minimum absolute atomic E-state index is 0.0556. The smallest absolute Gasteiger partial charge is 0.328 e. The molecular formula is C25H26FN5O5. The lowest BCUT2D eigenvalue weighted by Gasteiger charge is -2.27. The van der Waals surface area contributed by atoms with Gasteiger partial charge in [0.25, 0.3) is 0 Å². The van der Waals surface area contributed by atoms with Crippen LogP contribution in [0.2, 0.25) is 0 Å². The molecule has 10 nitrogen and oxygen atoms in total. The molecule has 2 N–H and O–H groups in total. The number of anilines is 2. The third-order valence-electron chi connectivity index (χ3n) is 5.24. The first-order chi connectivity index (χ1) is 17.6. The lowest BCUT2D eigenvalue weighted by atomic mass is 10.1. The molecule has 2 aromatic carbocycles. The summed E-state index contributed by atoms with van der Waals surface area (Å²) in [6, 6.07) is 10.5. The minimum atomic E-state index is -0.401. The minimum Gasteiger partial charge on any atom is -0.493 e. The number of ketones is 1. The van der Waals surface area contributed by atoms with Gasteiger partial charge in [0.05, 0.1) is 26.9 Å². The number of carbonyl (C=O) groups excluding carboxylic acids is 1. The van der Waals surface area contributed by atoms with Crippen LogP contribution in [0.25, 0.3) is 6.08 Å². The lowest BCUT2D eigenvalue weighted by molar-refractivity contribution is 0.104. The summed E-state index contributed by atoms with van der Waals surface area (Å²) < 4.78 is 29.9. The van der Waals surface area contributed by atoms with Crippen molar-refractivity contribution in [2.75, 3.05) is 56.8 Å². The van der Waals surface area contributed by atoms with E-state index in [-0.39, 0.29) is 30.9 Å². The fourth-order valence-electron chi connectivity index (χ4n) is 3.40. The number of benzene rings is 2. The molecule has 0 radical (unpaired) electrons. The standard InChI is InChI=1S/C25H26FN5O5/c1-34-22-16-17(2-8-20(33)18-4-6-19(26)7-5-18)3-9-21(22)36-25-29-23(27-10-13-32)28-24(30-25)31-11-14-35-15-12-31/h2-9,16,32H,10-15H2,1H3,(H,27,28,29,30)/b8-2+. The highest BCUT2D eigenvalue weighted by Crippen LogP contribution is 2.32. The van der Waals surface area contributed by atoms with Crippen molar-refractivity contribution in [3.63, 3.8) is 0 Å². The van der Waals surface area contributed by atoms with Gasteiger partial charge in [-0.3, -0.25) is 4.79 Å². The quantitative estimate of drug-likeness (QED) is 0.321. The maximum Gasteiger partial charge on any atom is 0.328 e. The van der Waals surface area contributed by atoms with Crippen LogP contribution in [-0.2, 0) is 4.74 Å². The lowest BCUT2D eigenvalue weighted by Crippen LogP contribution is -2.37. The number of rotatable bonds is 10. The number of morpholine rings is 1. The van der Waals surface area contributed by atoms with Crippen LogP contribution in [0.3, 0.4) is 0 Å². The Bertz CT molecular complexity index is 1220. The fourth-order valence-corrected chi connectivity index (χ4v) is 3.40. The highest BCUT2D eigenvalue weighted by Gasteiger charge is 2.18. The van der Waals surface area contributed by atoms with Gasteiger partial charge in [-0.05, 0) is 48.0 Å². The number of allylic oxidation sites excluding steroid dienone is 1. The summed E-state index contributed by atoms with van der Waals surface area (Å²) in [4.78, 5) is 27.5. The first kappa shape index (κ1) is 25.0. The van der Waals surface area contributed by atoms with Crippen molar-refractivity contribution in [1.82, 2.24) is 15.0 Å². The highest BCUT2D eigenvalue weighted by atomic mass is 19.1. The molecule has 0 unspecified atom stereocenters. The molecule has 0 spiro atoms. The maximum atomic E-state index is 13.1. The van der Waals surface area contributed by atoms with Crippen molar-refractivity contribution < 1.29 is 28.5 Å². The number of hydrogen-bond donors (Lipinski definition) is 2. The van der Waals surface area contributed by atoms with E-state index < -0.39 is 5.82 Å². The first-order valence-electron chi connectivity index (χ1n) is 11.3. The molecule has 0 bridgehead atoms. The van der Waals surface area contributed by atoms with Crippen LogP contribution in [0.1, 0.15) is 15.9 Å². The molecule has 0 amide bonds. The van der Waals surface area contributed by atoms with Crippen molar-refractivity contribution >= 4 is 23.8 Å². The van der Waals surface area contributed by atoms with E-state index in [0.29, 0.717) is 54.9 Å². The van der Waals surface area contributed by atoms with Gasteiger partial charge in [-0.15, -0.1) is 0 Å². The van der Waals surface area contributed by atoms with E-state index in [1.54, 1.807) is 24.3 Å². The van der Waals surface area contributed by atoms with E-state index in [1.807, 2.05) is 4.90 Å². The predicted octanol–water partition coefficient (Wildman–Crippen LogP) is 2.95. The van der Waals surface area contributed by atoms with Crippen molar-refractivity contribution in [3.8, 4) is 17.5 Å². The average Bonchev–Trinajstić information content (AvgIpc) is 2.92. The molecule has 0 saturated carbocycles. The van der Waals surface area contributed by atoms with Crippen LogP contribution in [-0.4, -0.2) is 72.4 Å². The van der Waals surface area contributed by atoms with E-state index in [1.165, 1.54) is 37.5 Å². The largest absolute Gasteiger partial charge is 0.493 e. The van der Waals surface area contributed by atoms with Crippen LogP contribution < -0.4 is 19.7 Å². The average molecular weight is 496 g/mol. The molecule has 4 rings (SSSR count). The number of methoxy groups -OCH3 is 1. The van der Waals surface area contributed by atoms with Gasteiger partial charge in [0.2, 0.25) is 11.9 Å². The van der Waals surface area contributed by atoms with Gasteiger partial charge in [0.1, 0.15) is 5.82 Å². The van der Waals surface area contributed by atoms with E-state index in [0.717, 1.165) is 0 Å². The third-order valence-corrected chi connectivity index (χ3v) is 5.24. The van der Waals surface area contributed by atoms with E-state index in [9.17, 15) is 9.18 Å². The molecule has 1 fully saturated rings. The van der Waals surface area contributed by atoms with Crippen LogP contribution in [0, 0.1) is 5.82 Å². The van der Waals surface area contributed by atoms with E-state index in [2.05, 4.69) is 20.3 Å². The summed E-state index contributed by atoms with van der Waals surface area (Å²) in [6.45, 7) is 2.57. The van der Waals surface area contributed by atoms with Crippen molar-refractivity contribution in [2.24, 2.45) is 0 Å². The van der Waals surface area contributed by atoms with Crippen LogP contribution in [0.4, 0.5) is 16.3 Å². The Hall–Kier alpha value is -4.09. The predicted molar refractivity (Wildman–Crippen MR) is 131 cm³/mol. The Labute approximate surface area is 207 Å². The van der Waals surface area contributed by atoms with Crippen molar-refractivity contribution in [2.45, 2.75) is 0 Å². The van der Waals surface area contributed by atoms with Gasteiger partial charge in [0, 0.05) is 25.2 Å². The second kappa shape index (κ2) is 12.0. The Balaban J connectivity index is 1.53. The van der Waals surface area contributed by atoms with Crippen molar-refractivity contribution in [3.05, 3.63) is 65.5 Å². The Kier molecular flexibility index (Phi) is 8.37. The normalized spacial score (nSPS) is 13.6. The van der Waals surface area contributed by atoms with Crippen LogP contribution in [0.5, 0.6) is 17.5 Å². The van der Waals surface area contributed by atoms with Crippen LogP contribution in [0.15, 0.2) is 48.5 Å². The van der Waals surface area contributed by atoms with Gasteiger partial charge in [0.15, 0.2) is 17.3 Å². The van der Waals surface area contributed by atoms with Gasteiger partial charge in [-0.1, -0.05) is 12.1 Å². The molecule has 11 heteroatoms. The summed E-state index contributed by atoms with van der Waals surface area (Å²) in [7, 11) is 1.50. The molecule has 3 aromatic rings. The molecule has 0 atom stereocenters. The highest BCUT2D eigenvalue weighted by molar-refractivity contribution is 6.06. The summed E-state index contributed by atoms with van der Waals surface area (Å²) >= 11 is 0. The molecule has 1 aliphatic rings. The van der Waals surface area contributed by atoms with Gasteiger partial charge in [-0.2, -0.15) is 15.0 Å². The number of aliphatic hydroxyl groups excluding tert-OH is 1. The number of nitrogens with zero attached hydrogens (tertiary/aromatic N) is 4. The molecule has 188 valence electrons. The number of halogens is 1. The number of aromatic nitrogens is 3. The number of hydrogen-bond acceptors (Lipinski definition) is 10. The van der Waals surface area contributed by atoms with E-state index in [4.69, 9.17) is 19.3 Å². The van der Waals surface area contributed by atoms with Crippen molar-refractivity contribution in [1.29, 1.82) is 0 Å². The van der Waals surface area contributed by atoms with E-state index >= 15 is 0 Å². The molecule has 36 heavy (non-hydrogen) atoms. The molecule has 0 aliphatic carbocycles. The van der Waals surface area contributed by atoms with Gasteiger partial charge >= 0.3 is 6.01 Å². The molecular weight excluding hydrogens is 469 g/mol. The number of ether oxygens (including phenoxy) is 3. The second-order valence-electron chi connectivity index (χ2n) is 7.71. The zero-order chi connectivity index (χ0) is 25.3. The second-order valence-corrected chi connectivity index (χ2v) is 7.71. The molecule has 1 aliphatic heterocycles. The fraction of sp³-hybridized carbons (Fsp3) is 0.280. The number of aliphatic hydroxyl groups is 1. The van der Waals surface area contributed by atoms with Gasteiger partial charge in [-0.25, -0.2) is 4.39 Å². The zero-order valence-corrected chi connectivity index (χ0v) is 19.7. The summed E-state index contributed by atoms with van der Waals surface area (Å²) in [5.41, 5.74) is 1.08. The summed E-state index contributed by atoms with van der Waals surface area (Å²) in [6.07, 6.45) is 3.04. The number of carbonyl (C=O) groups is 1. The third kappa shape index (κ3) is 6.52. The topological polar surface area (TPSA) is 119 Å². The number of nitrogens with one attached hydrogen (secondary N) is 1. The summed E-state index contributed by atoms with van der Waals surface area (Å²) in [5.74, 6) is 0.826. The molecule has 1 saturated heterocycles. The van der Waals surface area contributed by atoms with Crippen LogP contribution >= 0.6 is 0 Å². The first-order valence-corrected chi connectivity index (χ1v) is 11.3. The maximum absolute atomic E-state index is 13.1. The zero-order valence-electron chi connectivity index (χ0n) is 19.7. The Morgan fingerprint density at radius 2 is 1.92 bits per heavy atom. The Morgan fingerprint density at radius 1 is 1.14 bits per heavy atom.